The number of nitrogens with one attached hydrogen (secondary N) is 4. The number of nitrogens with zero attached hydrogens (tertiary/aromatic N) is 7. The van der Waals surface area contributed by atoms with E-state index < -0.39 is 154 Å². The first-order valence-corrected chi connectivity index (χ1v) is 34.1. The number of benzene rings is 2. The Balaban J connectivity index is 1.26. The zero-order chi connectivity index (χ0) is 70.1. The second-order valence-electron chi connectivity index (χ2n) is 27.8. The summed E-state index contributed by atoms with van der Waals surface area (Å²) in [6, 6.07) is 0.211. The number of alkyl halides is 3. The van der Waals surface area contributed by atoms with Crippen LogP contribution in [0.3, 0.4) is 0 Å². The van der Waals surface area contributed by atoms with E-state index in [1.54, 1.807) is 26.0 Å². The van der Waals surface area contributed by atoms with Crippen LogP contribution in [-0.4, -0.2) is 214 Å². The maximum absolute atomic E-state index is 15.3. The highest BCUT2D eigenvalue weighted by molar-refractivity contribution is 6.31. The summed E-state index contributed by atoms with van der Waals surface area (Å²) in [7, 11) is 7.25. The molecule has 0 unspecified atom stereocenters. The molecular formula is C69H99ClF3N11O11. The molecule has 2 saturated carbocycles. The first kappa shape index (κ1) is 75.1. The van der Waals surface area contributed by atoms with E-state index in [1.165, 1.54) is 77.6 Å². The standard InChI is InChI=1S/C69H99ClF3N11O11/c1-13-42(5)57-66(94)78(8)39-56(86)83-34-30-52(83)64(92)81(11)54(38-46-24-22-41(4)23-25-46)65(93)79(9)44(7)59(87)75-50(29-27-45-26-28-48(49(70)37-45)69(71,72)73)63(91)84-33-18-21-51(84)61(89)77-68(31-16-17-32-68)67(95)82(12)58(47-19-14-15-20-47)62(90)74-43(6)36-55(85)80(10)53(35-40(2)3)60(88)76-57/h22-26,28,37,40,42-44,47,50-54,57-58H,13-21,27,29-36,38-39H2,1-12H3,(H,74,90)(H,75,87)(H,76,88)(H,77,89)/t42-,43+,44+,50-,51-,52-,53-,54-,57-,58-/m0/s1. The van der Waals surface area contributed by atoms with E-state index in [-0.39, 0.29) is 82.7 Å². The minimum atomic E-state index is -4.75. The average molecular weight is 1350 g/mol. The molecule has 0 bridgehead atoms. The molecule has 22 nitrogen and oxygen atoms in total. The van der Waals surface area contributed by atoms with Crippen LogP contribution in [0.15, 0.2) is 42.5 Å². The SMILES string of the molecule is CC[C@H](C)[C@@H]1NC(=O)[C@H](CC(C)C)N(C)C(=O)C[C@@H](C)NC(=O)[C@H](C2CCCC2)N(C)C(=O)C2(CCCC2)NC(=O)[C@@H]2CCCN2C(=O)[C@H](CCc2ccc(C(F)(F)F)c(Cl)c2)NC(=O)[C@@H](C)N(C)C(=O)[C@H](Cc2ccc(C)cc2)N(C)C(=O)[C@@H]2CCN2C(=O)CN(C)C1=O. The Labute approximate surface area is 561 Å². The van der Waals surface area contributed by atoms with Gasteiger partial charge in [-0.3, -0.25) is 52.7 Å². The molecule has 4 N–H and O–H groups in total. The van der Waals surface area contributed by atoms with Gasteiger partial charge < -0.3 is 55.6 Å². The minimum absolute atomic E-state index is 0.0312. The topological polar surface area (TPSA) is 259 Å². The average Bonchev–Trinajstić information content (AvgIpc) is 1.78. The summed E-state index contributed by atoms with van der Waals surface area (Å²) in [5, 5.41) is 11.2. The van der Waals surface area contributed by atoms with Crippen molar-refractivity contribution in [1.29, 1.82) is 0 Å². The molecular weight excluding hydrogens is 1250 g/mol. The van der Waals surface area contributed by atoms with Crippen LogP contribution in [0.25, 0.3) is 0 Å². The van der Waals surface area contributed by atoms with Crippen molar-refractivity contribution in [3.05, 3.63) is 69.7 Å². The second-order valence-corrected chi connectivity index (χ2v) is 28.2. The molecule has 95 heavy (non-hydrogen) atoms. The number of hydrogen-bond donors (Lipinski definition) is 4. The maximum atomic E-state index is 15.3. The third-order valence-corrected chi connectivity index (χ3v) is 20.7. The van der Waals surface area contributed by atoms with Gasteiger partial charge in [-0.15, -0.1) is 0 Å². The lowest BCUT2D eigenvalue weighted by Crippen LogP contribution is -2.65. The monoisotopic (exact) mass is 1350 g/mol. The normalized spacial score (nSPS) is 27.4. The van der Waals surface area contributed by atoms with E-state index in [4.69, 9.17) is 11.6 Å². The van der Waals surface area contributed by atoms with E-state index in [0.717, 1.165) is 35.4 Å². The third-order valence-electron chi connectivity index (χ3n) is 20.4. The molecule has 5 fully saturated rings. The molecule has 1 spiro atoms. The van der Waals surface area contributed by atoms with Crippen molar-refractivity contribution in [3.8, 4) is 0 Å². The molecule has 2 aromatic carbocycles. The largest absolute Gasteiger partial charge is 0.417 e. The number of fused-ring (bicyclic) bond motifs is 2. The molecule has 0 radical (unpaired) electrons. The van der Waals surface area contributed by atoms with Gasteiger partial charge in [0.2, 0.25) is 65.0 Å². The van der Waals surface area contributed by atoms with Gasteiger partial charge in [0.1, 0.15) is 53.9 Å². The van der Waals surface area contributed by atoms with Crippen molar-refractivity contribution in [1.82, 2.24) is 55.6 Å². The Morgan fingerprint density at radius 2 is 1.27 bits per heavy atom. The fraction of sp³-hybridized carbons (Fsp3) is 0.667. The molecule has 7 rings (SSSR count). The summed E-state index contributed by atoms with van der Waals surface area (Å²) in [5.41, 5.74) is -0.669. The van der Waals surface area contributed by atoms with Crippen LogP contribution in [0.4, 0.5) is 13.2 Å². The van der Waals surface area contributed by atoms with E-state index in [1.807, 2.05) is 39.8 Å². The summed E-state index contributed by atoms with van der Waals surface area (Å²) >= 11 is 6.15. The number of amides is 11. The molecule has 26 heteroatoms. The number of rotatable bonds is 10. The third kappa shape index (κ3) is 17.8. The summed E-state index contributed by atoms with van der Waals surface area (Å²) in [6.07, 6.45) is 0.493. The Hall–Kier alpha value is -7.31. The smallest absolute Gasteiger partial charge is 0.351 e. The predicted molar refractivity (Wildman–Crippen MR) is 350 cm³/mol. The fourth-order valence-electron chi connectivity index (χ4n) is 14.1. The predicted octanol–water partition coefficient (Wildman–Crippen LogP) is 5.81. The van der Waals surface area contributed by atoms with Crippen LogP contribution in [0.5, 0.6) is 0 Å². The molecule has 0 aromatic heterocycles. The highest BCUT2D eigenvalue weighted by Crippen LogP contribution is 2.38. The van der Waals surface area contributed by atoms with Crippen LogP contribution in [0.2, 0.25) is 5.02 Å². The van der Waals surface area contributed by atoms with Crippen LogP contribution < -0.4 is 21.3 Å². The van der Waals surface area contributed by atoms with Crippen molar-refractivity contribution < 1.29 is 65.9 Å². The van der Waals surface area contributed by atoms with Crippen molar-refractivity contribution in [2.24, 2.45) is 17.8 Å². The van der Waals surface area contributed by atoms with Crippen LogP contribution in [0.1, 0.15) is 160 Å². The van der Waals surface area contributed by atoms with E-state index in [9.17, 15) is 51.5 Å². The Morgan fingerprint density at radius 1 is 0.632 bits per heavy atom. The highest BCUT2D eigenvalue weighted by Gasteiger charge is 2.51. The summed E-state index contributed by atoms with van der Waals surface area (Å²) in [5.74, 6) is -7.50. The Morgan fingerprint density at radius 3 is 1.86 bits per heavy atom. The highest BCUT2D eigenvalue weighted by atomic mass is 35.5. The molecule has 524 valence electrons. The number of aryl methyl sites for hydroxylation is 2. The number of hydrogen-bond acceptors (Lipinski definition) is 11. The van der Waals surface area contributed by atoms with Crippen molar-refractivity contribution in [2.45, 2.75) is 224 Å². The van der Waals surface area contributed by atoms with Crippen molar-refractivity contribution in [2.75, 3.05) is 54.9 Å². The van der Waals surface area contributed by atoms with E-state index >= 15 is 14.4 Å². The van der Waals surface area contributed by atoms with E-state index in [2.05, 4.69) is 21.3 Å². The van der Waals surface area contributed by atoms with Crippen LogP contribution in [0, 0.1) is 24.7 Å². The van der Waals surface area contributed by atoms with Gasteiger partial charge in [-0.25, -0.2) is 0 Å². The number of halogens is 4. The molecule has 11 amide bonds. The second kappa shape index (κ2) is 32.2. The van der Waals surface area contributed by atoms with Gasteiger partial charge in [0.15, 0.2) is 0 Å². The van der Waals surface area contributed by atoms with Crippen LogP contribution in [-0.2, 0) is 71.8 Å². The zero-order valence-corrected chi connectivity index (χ0v) is 58.0. The molecule has 3 saturated heterocycles. The van der Waals surface area contributed by atoms with E-state index in [0.29, 0.717) is 49.7 Å². The Bertz CT molecular complexity index is 3160. The van der Waals surface area contributed by atoms with Crippen molar-refractivity contribution >= 4 is 76.6 Å². The summed E-state index contributed by atoms with van der Waals surface area (Å²) in [4.78, 5) is 171. The van der Waals surface area contributed by atoms with Gasteiger partial charge in [0.05, 0.1) is 17.1 Å². The summed E-state index contributed by atoms with van der Waals surface area (Å²) < 4.78 is 41.6. The lowest BCUT2D eigenvalue weighted by atomic mass is 9.90. The lowest BCUT2D eigenvalue weighted by Gasteiger charge is -2.44. The van der Waals surface area contributed by atoms with Crippen LogP contribution >= 0.6 is 11.6 Å². The molecule has 10 atom stereocenters. The van der Waals surface area contributed by atoms with Gasteiger partial charge in [0, 0.05) is 67.2 Å². The van der Waals surface area contributed by atoms with Gasteiger partial charge in [-0.05, 0) is 126 Å². The van der Waals surface area contributed by atoms with Gasteiger partial charge in [0.25, 0.3) is 0 Å². The van der Waals surface area contributed by atoms with Gasteiger partial charge in [-0.1, -0.05) is 107 Å². The minimum Gasteiger partial charge on any atom is -0.351 e. The number of carbonyl (C=O) groups is 11. The fourth-order valence-corrected chi connectivity index (χ4v) is 14.4. The molecule has 3 heterocycles. The van der Waals surface area contributed by atoms with Crippen molar-refractivity contribution in [3.63, 3.8) is 0 Å². The molecule has 5 aliphatic rings. The molecule has 3 aliphatic heterocycles. The Kier molecular flexibility index (Phi) is 25.4. The quantitative estimate of drug-likeness (QED) is 0.221. The first-order chi connectivity index (χ1) is 44.7. The van der Waals surface area contributed by atoms with Gasteiger partial charge >= 0.3 is 6.18 Å². The lowest BCUT2D eigenvalue weighted by molar-refractivity contribution is -0.158. The first-order valence-electron chi connectivity index (χ1n) is 33.7. The van der Waals surface area contributed by atoms with Gasteiger partial charge in [-0.2, -0.15) is 13.2 Å². The zero-order valence-electron chi connectivity index (χ0n) is 57.2. The number of likely N-dealkylation sites (N-methyl/N-ethyl adjacent to an activating group) is 5. The molecule has 2 aliphatic carbocycles. The molecule has 2 aromatic rings. The number of carbonyl (C=O) groups excluding carboxylic acids is 11. The summed E-state index contributed by atoms with van der Waals surface area (Å²) in [6.45, 7) is 12.1. The maximum Gasteiger partial charge on any atom is 0.417 e.